The number of nitrogens with zero attached hydrogens (tertiary/aromatic N) is 1. The highest BCUT2D eigenvalue weighted by Crippen LogP contribution is 2.42. The molecule has 0 saturated heterocycles. The molecule has 2 aliphatic carbocycles. The Bertz CT molecular complexity index is 278. The molecule has 0 N–H and O–H groups in total. The van der Waals surface area contributed by atoms with E-state index in [1.807, 2.05) is 0 Å². The Kier molecular flexibility index (Phi) is 3.28. The third-order valence-electron chi connectivity index (χ3n) is 4.60. The maximum Gasteiger partial charge on any atom is 0.0714 e. The van der Waals surface area contributed by atoms with Gasteiger partial charge in [-0.05, 0) is 31.6 Å². The zero-order valence-corrected chi connectivity index (χ0v) is 11.1. The summed E-state index contributed by atoms with van der Waals surface area (Å²) in [5, 5.41) is 2.41. The first-order valence-electron chi connectivity index (χ1n) is 7.07. The molecule has 3 aliphatic rings. The molecule has 0 spiro atoms. The van der Waals surface area contributed by atoms with E-state index in [2.05, 4.69) is 18.7 Å². The number of thioether (sulfide) groups is 1. The average Bonchev–Trinajstić information content (AvgIpc) is 2.73. The average molecular weight is 237 g/mol. The van der Waals surface area contributed by atoms with Gasteiger partial charge in [-0.25, -0.2) is 0 Å². The second kappa shape index (κ2) is 4.72. The van der Waals surface area contributed by atoms with Crippen molar-refractivity contribution in [2.45, 2.75) is 69.6 Å². The fourth-order valence-electron chi connectivity index (χ4n) is 3.42. The second-order valence-electron chi connectivity index (χ2n) is 5.93. The lowest BCUT2D eigenvalue weighted by atomic mass is 9.83. The predicted molar refractivity (Wildman–Crippen MR) is 72.2 cm³/mol. The number of rotatable bonds is 1. The van der Waals surface area contributed by atoms with Gasteiger partial charge < -0.3 is 0 Å². The smallest absolute Gasteiger partial charge is 0.0714 e. The molecule has 2 unspecified atom stereocenters. The molecular weight excluding hydrogens is 214 g/mol. The molecule has 1 nitrogen and oxygen atoms in total. The van der Waals surface area contributed by atoms with E-state index in [9.17, 15) is 0 Å². The summed E-state index contributed by atoms with van der Waals surface area (Å²) in [5.74, 6) is 1.80. The summed E-state index contributed by atoms with van der Waals surface area (Å²) >= 11 is 2.15. The lowest BCUT2D eigenvalue weighted by Gasteiger charge is -2.26. The zero-order valence-electron chi connectivity index (χ0n) is 10.3. The topological polar surface area (TPSA) is 12.4 Å². The molecule has 3 rings (SSSR count). The van der Waals surface area contributed by atoms with Crippen LogP contribution in [0.3, 0.4) is 0 Å². The van der Waals surface area contributed by atoms with Gasteiger partial charge in [-0.15, -0.1) is 11.8 Å². The van der Waals surface area contributed by atoms with Crippen LogP contribution in [0.1, 0.15) is 58.3 Å². The highest BCUT2D eigenvalue weighted by molar-refractivity contribution is 8.14. The summed E-state index contributed by atoms with van der Waals surface area (Å²) in [6.45, 7) is 2.40. The molecule has 2 fully saturated rings. The lowest BCUT2D eigenvalue weighted by molar-refractivity contribution is 0.345. The van der Waals surface area contributed by atoms with E-state index in [0.717, 1.165) is 17.1 Å². The van der Waals surface area contributed by atoms with Crippen LogP contribution in [0.4, 0.5) is 0 Å². The predicted octanol–water partition coefficient (Wildman–Crippen LogP) is 4.27. The minimum Gasteiger partial charge on any atom is -0.278 e. The first-order valence-corrected chi connectivity index (χ1v) is 7.95. The van der Waals surface area contributed by atoms with Crippen molar-refractivity contribution in [3.63, 3.8) is 0 Å². The van der Waals surface area contributed by atoms with Gasteiger partial charge >= 0.3 is 0 Å². The van der Waals surface area contributed by atoms with Crippen LogP contribution >= 0.6 is 11.8 Å². The molecule has 1 heterocycles. The Balaban J connectivity index is 1.63. The van der Waals surface area contributed by atoms with Crippen LogP contribution in [0.2, 0.25) is 0 Å². The Morgan fingerprint density at radius 2 is 1.75 bits per heavy atom. The third kappa shape index (κ3) is 2.18. The number of hydrogen-bond donors (Lipinski definition) is 0. The second-order valence-corrected chi connectivity index (χ2v) is 7.19. The molecule has 0 amide bonds. The summed E-state index contributed by atoms with van der Waals surface area (Å²) in [7, 11) is 0. The quantitative estimate of drug-likeness (QED) is 0.663. The van der Waals surface area contributed by atoms with Crippen molar-refractivity contribution in [3.8, 4) is 0 Å². The largest absolute Gasteiger partial charge is 0.278 e. The Morgan fingerprint density at radius 1 is 1.00 bits per heavy atom. The van der Waals surface area contributed by atoms with Gasteiger partial charge in [0.05, 0.1) is 11.1 Å². The van der Waals surface area contributed by atoms with E-state index in [-0.39, 0.29) is 0 Å². The summed E-state index contributed by atoms with van der Waals surface area (Å²) in [6, 6.07) is 0.702. The molecule has 0 aromatic heterocycles. The highest BCUT2D eigenvalue weighted by Gasteiger charge is 2.35. The van der Waals surface area contributed by atoms with Gasteiger partial charge in [-0.2, -0.15) is 0 Å². The standard InChI is InChI=1S/C14H23NS/c1-10-6-8-11(9-7-10)14-15-12-4-2-3-5-13(12)16-14/h10-13H,2-9H2,1H3. The van der Waals surface area contributed by atoms with Crippen molar-refractivity contribution < 1.29 is 0 Å². The minimum absolute atomic E-state index is 0.702. The van der Waals surface area contributed by atoms with Crippen LogP contribution in [0.15, 0.2) is 4.99 Å². The Hall–Kier alpha value is 0.0200. The maximum absolute atomic E-state index is 5.04. The first kappa shape index (κ1) is 11.1. The van der Waals surface area contributed by atoms with Crippen molar-refractivity contribution in [1.82, 2.24) is 0 Å². The highest BCUT2D eigenvalue weighted by atomic mass is 32.2. The molecule has 2 heteroatoms. The fourth-order valence-corrected chi connectivity index (χ4v) is 4.99. The van der Waals surface area contributed by atoms with Crippen molar-refractivity contribution in [1.29, 1.82) is 0 Å². The van der Waals surface area contributed by atoms with Gasteiger partial charge in [0.2, 0.25) is 0 Å². The van der Waals surface area contributed by atoms with E-state index in [1.165, 1.54) is 51.4 Å². The third-order valence-corrected chi connectivity index (χ3v) is 6.13. The van der Waals surface area contributed by atoms with Crippen molar-refractivity contribution in [2.75, 3.05) is 0 Å². The molecule has 1 aliphatic heterocycles. The first-order chi connectivity index (χ1) is 7.83. The van der Waals surface area contributed by atoms with Crippen molar-refractivity contribution in [2.24, 2.45) is 16.8 Å². The van der Waals surface area contributed by atoms with Gasteiger partial charge in [0.15, 0.2) is 0 Å². The summed E-state index contributed by atoms with van der Waals surface area (Å²) in [6.07, 6.45) is 11.3. The zero-order chi connectivity index (χ0) is 11.0. The maximum atomic E-state index is 5.04. The number of fused-ring (bicyclic) bond motifs is 1. The normalized spacial score (nSPS) is 43.9. The molecule has 2 atom stereocenters. The molecule has 0 aromatic carbocycles. The van der Waals surface area contributed by atoms with Crippen molar-refractivity contribution in [3.05, 3.63) is 0 Å². The van der Waals surface area contributed by atoms with Crippen LogP contribution < -0.4 is 0 Å². The summed E-state index contributed by atoms with van der Waals surface area (Å²) in [4.78, 5) is 5.04. The van der Waals surface area contributed by atoms with Gasteiger partial charge in [0.1, 0.15) is 0 Å². The molecule has 0 radical (unpaired) electrons. The van der Waals surface area contributed by atoms with E-state index < -0.39 is 0 Å². The number of hydrogen-bond acceptors (Lipinski definition) is 2. The van der Waals surface area contributed by atoms with Crippen LogP contribution in [0.25, 0.3) is 0 Å². The van der Waals surface area contributed by atoms with Crippen LogP contribution in [0.5, 0.6) is 0 Å². The minimum atomic E-state index is 0.702. The fraction of sp³-hybridized carbons (Fsp3) is 0.929. The van der Waals surface area contributed by atoms with E-state index in [1.54, 1.807) is 5.04 Å². The van der Waals surface area contributed by atoms with Gasteiger partial charge in [-0.1, -0.05) is 32.6 Å². The molecule has 0 bridgehead atoms. The van der Waals surface area contributed by atoms with Crippen LogP contribution in [0, 0.1) is 11.8 Å². The van der Waals surface area contributed by atoms with Crippen molar-refractivity contribution >= 4 is 16.8 Å². The van der Waals surface area contributed by atoms with E-state index >= 15 is 0 Å². The monoisotopic (exact) mass is 237 g/mol. The molecule has 0 aromatic rings. The summed E-state index contributed by atoms with van der Waals surface area (Å²) < 4.78 is 0. The Labute approximate surface area is 103 Å². The van der Waals surface area contributed by atoms with Crippen LogP contribution in [-0.2, 0) is 0 Å². The molecular formula is C14H23NS. The molecule has 90 valence electrons. The lowest BCUT2D eigenvalue weighted by Crippen LogP contribution is -2.21. The van der Waals surface area contributed by atoms with E-state index in [0.29, 0.717) is 6.04 Å². The van der Waals surface area contributed by atoms with Gasteiger partial charge in [-0.3, -0.25) is 4.99 Å². The SMILES string of the molecule is CC1CCC(C2=NC3CCCCC3S2)CC1. The molecule has 16 heavy (non-hydrogen) atoms. The van der Waals surface area contributed by atoms with E-state index in [4.69, 9.17) is 4.99 Å². The Morgan fingerprint density at radius 3 is 2.50 bits per heavy atom. The molecule has 2 saturated carbocycles. The summed E-state index contributed by atoms with van der Waals surface area (Å²) in [5.41, 5.74) is 0. The van der Waals surface area contributed by atoms with Gasteiger partial charge in [0.25, 0.3) is 0 Å². The van der Waals surface area contributed by atoms with Gasteiger partial charge in [0, 0.05) is 11.2 Å². The number of aliphatic imine (C=N–C) groups is 1. The van der Waals surface area contributed by atoms with Crippen LogP contribution in [-0.4, -0.2) is 16.3 Å².